The van der Waals surface area contributed by atoms with Gasteiger partial charge in [-0.2, -0.15) is 0 Å². The van der Waals surface area contributed by atoms with Gasteiger partial charge in [0.25, 0.3) is 5.91 Å². The third-order valence-electron chi connectivity index (χ3n) is 3.50. The summed E-state index contributed by atoms with van der Waals surface area (Å²) in [6, 6.07) is 12.6. The largest absolute Gasteiger partial charge is 0.335 e. The summed E-state index contributed by atoms with van der Waals surface area (Å²) in [5, 5.41) is 2.56. The van der Waals surface area contributed by atoms with Crippen molar-refractivity contribution in [2.75, 3.05) is 4.90 Å². The molecule has 2 aromatic rings. The highest BCUT2D eigenvalue weighted by atomic mass is 79.9. The minimum Gasteiger partial charge on any atom is -0.276 e. The second-order valence-corrected chi connectivity index (χ2v) is 6.47. The smallest absolute Gasteiger partial charge is 0.276 e. The van der Waals surface area contributed by atoms with Gasteiger partial charge in [-0.1, -0.05) is 39.7 Å². The highest BCUT2D eigenvalue weighted by molar-refractivity contribution is 9.10. The fraction of sp³-hybridized carbons (Fsp3) is 0.0588. The zero-order valence-electron chi connectivity index (χ0n) is 12.6. The molecule has 1 atom stereocenters. The summed E-state index contributed by atoms with van der Waals surface area (Å²) in [6.45, 7) is 0. The van der Waals surface area contributed by atoms with E-state index in [1.165, 1.54) is 6.21 Å². The Bertz CT molecular complexity index is 883. The van der Waals surface area contributed by atoms with E-state index in [0.29, 0.717) is 16.4 Å². The minimum atomic E-state index is -1.22. The SMILES string of the molecule is O=C1NC(=O)N(c2ccc(Br)cc2)C(=O)[C@@H]1C=Nc1ccccc1Cl. The number of aliphatic imine (C=N–C) groups is 1. The summed E-state index contributed by atoms with van der Waals surface area (Å²) in [5.41, 5.74) is 0.784. The van der Waals surface area contributed by atoms with Crippen LogP contribution in [0.25, 0.3) is 0 Å². The van der Waals surface area contributed by atoms with E-state index in [1.807, 2.05) is 0 Å². The number of hydrogen-bond acceptors (Lipinski definition) is 4. The van der Waals surface area contributed by atoms with Gasteiger partial charge in [-0.3, -0.25) is 19.9 Å². The molecule has 1 N–H and O–H groups in total. The van der Waals surface area contributed by atoms with Crippen molar-refractivity contribution in [3.63, 3.8) is 0 Å². The van der Waals surface area contributed by atoms with Crippen molar-refractivity contribution in [2.45, 2.75) is 0 Å². The maximum absolute atomic E-state index is 12.6. The number of para-hydroxylation sites is 1. The molecule has 6 nitrogen and oxygen atoms in total. The lowest BCUT2D eigenvalue weighted by molar-refractivity contribution is -0.131. The number of imide groups is 2. The number of benzene rings is 2. The average Bonchev–Trinajstić information content (AvgIpc) is 2.57. The minimum absolute atomic E-state index is 0.356. The summed E-state index contributed by atoms with van der Waals surface area (Å²) in [7, 11) is 0. The zero-order chi connectivity index (χ0) is 18.0. The van der Waals surface area contributed by atoms with Gasteiger partial charge in [0.15, 0.2) is 5.92 Å². The van der Waals surface area contributed by atoms with Gasteiger partial charge in [-0.15, -0.1) is 0 Å². The topological polar surface area (TPSA) is 78.8 Å². The molecule has 0 aromatic heterocycles. The average molecular weight is 421 g/mol. The Hall–Kier alpha value is -2.51. The molecule has 0 aliphatic carbocycles. The molecule has 0 bridgehead atoms. The lowest BCUT2D eigenvalue weighted by Gasteiger charge is -2.28. The summed E-state index contributed by atoms with van der Waals surface area (Å²) in [6.07, 6.45) is 1.19. The van der Waals surface area contributed by atoms with Crippen LogP contribution in [0.15, 0.2) is 58.0 Å². The normalized spacial score (nSPS) is 17.9. The lowest BCUT2D eigenvalue weighted by atomic mass is 10.1. The van der Waals surface area contributed by atoms with Crippen LogP contribution in [0.1, 0.15) is 0 Å². The zero-order valence-corrected chi connectivity index (χ0v) is 15.0. The van der Waals surface area contributed by atoms with E-state index in [9.17, 15) is 14.4 Å². The number of amides is 4. The Morgan fingerprint density at radius 1 is 1.08 bits per heavy atom. The molecule has 4 amide bonds. The predicted molar refractivity (Wildman–Crippen MR) is 98.3 cm³/mol. The standard InChI is InChI=1S/C17H11BrClN3O3/c18-10-5-7-11(8-6-10)22-16(24)12(15(23)21-17(22)25)9-20-14-4-2-1-3-13(14)19/h1-9,12H,(H,21,23,25)/t12-/m1/s1. The van der Waals surface area contributed by atoms with E-state index in [0.717, 1.165) is 9.37 Å². The number of anilines is 1. The van der Waals surface area contributed by atoms with Crippen LogP contribution < -0.4 is 10.2 Å². The molecule has 0 spiro atoms. The summed E-state index contributed by atoms with van der Waals surface area (Å²) in [5.74, 6) is -2.62. The highest BCUT2D eigenvalue weighted by Crippen LogP contribution is 2.25. The van der Waals surface area contributed by atoms with E-state index in [1.54, 1.807) is 48.5 Å². The predicted octanol–water partition coefficient (Wildman–Crippen LogP) is 3.70. The number of carbonyl (C=O) groups is 3. The fourth-order valence-corrected chi connectivity index (χ4v) is 2.72. The fourth-order valence-electron chi connectivity index (χ4n) is 2.27. The van der Waals surface area contributed by atoms with Crippen molar-refractivity contribution in [2.24, 2.45) is 10.9 Å². The van der Waals surface area contributed by atoms with E-state index in [2.05, 4.69) is 26.2 Å². The second-order valence-electron chi connectivity index (χ2n) is 5.15. The van der Waals surface area contributed by atoms with E-state index in [-0.39, 0.29) is 0 Å². The Morgan fingerprint density at radius 3 is 2.44 bits per heavy atom. The van der Waals surface area contributed by atoms with Gasteiger partial charge < -0.3 is 0 Å². The molecule has 1 aliphatic rings. The molecule has 126 valence electrons. The van der Waals surface area contributed by atoms with Crippen LogP contribution in [-0.2, 0) is 9.59 Å². The first-order valence-corrected chi connectivity index (χ1v) is 8.37. The van der Waals surface area contributed by atoms with Crippen molar-refractivity contribution in [1.82, 2.24) is 5.32 Å². The van der Waals surface area contributed by atoms with Crippen LogP contribution in [0.5, 0.6) is 0 Å². The molecule has 1 saturated heterocycles. The molecule has 3 rings (SSSR count). The Balaban J connectivity index is 1.90. The monoisotopic (exact) mass is 419 g/mol. The summed E-state index contributed by atoms with van der Waals surface area (Å²) >= 11 is 9.30. The van der Waals surface area contributed by atoms with Crippen molar-refractivity contribution in [3.8, 4) is 0 Å². The molecule has 0 saturated carbocycles. The maximum atomic E-state index is 12.6. The van der Waals surface area contributed by atoms with Crippen LogP contribution in [0, 0.1) is 5.92 Å². The number of hydrogen-bond donors (Lipinski definition) is 1. The lowest BCUT2D eigenvalue weighted by Crippen LogP contribution is -2.58. The van der Waals surface area contributed by atoms with E-state index in [4.69, 9.17) is 11.6 Å². The van der Waals surface area contributed by atoms with Crippen molar-refractivity contribution >= 4 is 63.0 Å². The summed E-state index contributed by atoms with van der Waals surface area (Å²) < 4.78 is 0.800. The van der Waals surface area contributed by atoms with Gasteiger partial charge in [-0.05, 0) is 36.4 Å². The van der Waals surface area contributed by atoms with Crippen LogP contribution in [0.4, 0.5) is 16.2 Å². The number of urea groups is 1. The number of rotatable bonds is 3. The number of carbonyl (C=O) groups excluding carboxylic acids is 3. The molecular formula is C17H11BrClN3O3. The molecule has 1 heterocycles. The third-order valence-corrected chi connectivity index (χ3v) is 4.35. The highest BCUT2D eigenvalue weighted by Gasteiger charge is 2.40. The number of nitrogens with zero attached hydrogens (tertiary/aromatic N) is 2. The molecule has 0 unspecified atom stereocenters. The van der Waals surface area contributed by atoms with Crippen molar-refractivity contribution < 1.29 is 14.4 Å². The van der Waals surface area contributed by atoms with Crippen LogP contribution in [-0.4, -0.2) is 24.1 Å². The van der Waals surface area contributed by atoms with E-state index < -0.39 is 23.8 Å². The quantitative estimate of drug-likeness (QED) is 0.607. The molecule has 25 heavy (non-hydrogen) atoms. The van der Waals surface area contributed by atoms with Gasteiger partial charge in [0.1, 0.15) is 0 Å². The van der Waals surface area contributed by atoms with Crippen molar-refractivity contribution in [3.05, 3.63) is 58.0 Å². The molecule has 1 aliphatic heterocycles. The molecule has 1 fully saturated rings. The van der Waals surface area contributed by atoms with E-state index >= 15 is 0 Å². The third kappa shape index (κ3) is 3.62. The number of barbiturate groups is 1. The first kappa shape index (κ1) is 17.3. The van der Waals surface area contributed by atoms with Gasteiger partial charge in [0.05, 0.1) is 16.4 Å². The molecule has 8 heteroatoms. The maximum Gasteiger partial charge on any atom is 0.335 e. The van der Waals surface area contributed by atoms with Crippen molar-refractivity contribution in [1.29, 1.82) is 0 Å². The first-order valence-electron chi connectivity index (χ1n) is 7.20. The van der Waals surface area contributed by atoms with Crippen LogP contribution >= 0.6 is 27.5 Å². The Labute approximate surface area is 156 Å². The Morgan fingerprint density at radius 2 is 1.76 bits per heavy atom. The first-order chi connectivity index (χ1) is 12.0. The van der Waals surface area contributed by atoms with Crippen LogP contribution in [0.3, 0.4) is 0 Å². The summed E-state index contributed by atoms with van der Waals surface area (Å²) in [4.78, 5) is 41.8. The second kappa shape index (κ2) is 7.16. The Kier molecular flexibility index (Phi) is 4.96. The molecular weight excluding hydrogens is 410 g/mol. The van der Waals surface area contributed by atoms with Gasteiger partial charge >= 0.3 is 6.03 Å². The molecule has 2 aromatic carbocycles. The number of nitrogens with one attached hydrogen (secondary N) is 1. The van der Waals surface area contributed by atoms with Gasteiger partial charge in [0.2, 0.25) is 5.91 Å². The molecule has 0 radical (unpaired) electrons. The van der Waals surface area contributed by atoms with Gasteiger partial charge in [-0.25, -0.2) is 9.69 Å². The number of halogens is 2. The van der Waals surface area contributed by atoms with Gasteiger partial charge in [0, 0.05) is 10.7 Å². The van der Waals surface area contributed by atoms with Crippen LogP contribution in [0.2, 0.25) is 5.02 Å².